The monoisotopic (exact) mass is 538 g/mol. The van der Waals surface area contributed by atoms with Crippen LogP contribution in [0.3, 0.4) is 0 Å². The molecule has 0 N–H and O–H groups in total. The first-order chi connectivity index (χ1) is 17.1. The Bertz CT molecular complexity index is 965. The summed E-state index contributed by atoms with van der Waals surface area (Å²) in [4.78, 5) is 37.1. The maximum Gasteiger partial charge on any atom is 0.306 e. The lowest BCUT2D eigenvalue weighted by molar-refractivity contribution is -0.202. The first kappa shape index (κ1) is 28.3. The van der Waals surface area contributed by atoms with Gasteiger partial charge in [-0.25, -0.2) is 0 Å². The lowest BCUT2D eigenvalue weighted by Gasteiger charge is -2.53. The quantitative estimate of drug-likeness (QED) is 0.151. The molecule has 2 aliphatic heterocycles. The summed E-state index contributed by atoms with van der Waals surface area (Å²) in [5.41, 5.74) is -0.599. The zero-order chi connectivity index (χ0) is 27.5. The van der Waals surface area contributed by atoms with Crippen molar-refractivity contribution >= 4 is 26.2 Å². The lowest BCUT2D eigenvalue weighted by Crippen LogP contribution is -2.63. The van der Waals surface area contributed by atoms with Crippen molar-refractivity contribution < 1.29 is 42.5 Å². The average molecular weight is 539 g/mol. The highest BCUT2D eigenvalue weighted by Gasteiger charge is 2.83. The van der Waals surface area contributed by atoms with Gasteiger partial charge < -0.3 is 28.1 Å². The van der Waals surface area contributed by atoms with Crippen LogP contribution in [0, 0.1) is 23.2 Å². The molecule has 0 aromatic rings. The third kappa shape index (κ3) is 5.02. The van der Waals surface area contributed by atoms with Crippen molar-refractivity contribution in [2.45, 2.75) is 104 Å². The largest absolute Gasteiger partial charge is 0.465 e. The minimum atomic E-state index is -2.08. The maximum atomic E-state index is 12.8. The summed E-state index contributed by atoms with van der Waals surface area (Å²) in [7, 11) is -2.08. The first-order valence-electron chi connectivity index (χ1n) is 13.3. The summed E-state index contributed by atoms with van der Waals surface area (Å²) in [5, 5.41) is 0. The Hall–Kier alpha value is -1.75. The molecule has 0 aromatic heterocycles. The van der Waals surface area contributed by atoms with Crippen LogP contribution in [-0.4, -0.2) is 75.6 Å². The number of hydrogen-bond acceptors (Lipinski definition) is 9. The van der Waals surface area contributed by atoms with Crippen LogP contribution in [0.15, 0.2) is 11.6 Å². The van der Waals surface area contributed by atoms with Gasteiger partial charge in [0.15, 0.2) is 8.32 Å². The molecule has 1 saturated carbocycles. The number of hydrogen-bond donors (Lipinski definition) is 0. The van der Waals surface area contributed by atoms with E-state index in [1.54, 1.807) is 0 Å². The summed E-state index contributed by atoms with van der Waals surface area (Å²) in [5.74, 6) is -1.75. The van der Waals surface area contributed by atoms with Crippen LogP contribution >= 0.6 is 0 Å². The van der Waals surface area contributed by atoms with E-state index in [-0.39, 0.29) is 36.9 Å². The molecule has 9 nitrogen and oxygen atoms in total. The highest BCUT2D eigenvalue weighted by molar-refractivity contribution is 6.69. The summed E-state index contributed by atoms with van der Waals surface area (Å²) in [6.45, 7) is 17.4. The zero-order valence-electron chi connectivity index (χ0n) is 23.5. The zero-order valence-corrected chi connectivity index (χ0v) is 24.5. The molecule has 0 amide bonds. The second-order valence-electron chi connectivity index (χ2n) is 12.6. The molecule has 1 spiro atoms. The Morgan fingerprint density at radius 1 is 1.14 bits per heavy atom. The highest BCUT2D eigenvalue weighted by atomic mass is 28.4. The summed E-state index contributed by atoms with van der Waals surface area (Å²) in [6, 6.07) is 0. The van der Waals surface area contributed by atoms with Gasteiger partial charge >= 0.3 is 17.9 Å². The van der Waals surface area contributed by atoms with Crippen LogP contribution < -0.4 is 0 Å². The molecule has 2 saturated heterocycles. The highest BCUT2D eigenvalue weighted by Crippen LogP contribution is 2.68. The Labute approximate surface area is 220 Å². The van der Waals surface area contributed by atoms with Crippen molar-refractivity contribution in [1.29, 1.82) is 0 Å². The van der Waals surface area contributed by atoms with E-state index in [0.717, 1.165) is 5.57 Å². The van der Waals surface area contributed by atoms with Crippen LogP contribution in [0.2, 0.25) is 19.6 Å². The number of carbonyl (C=O) groups excluding carboxylic acids is 3. The van der Waals surface area contributed by atoms with Gasteiger partial charge in [0.05, 0.1) is 19.3 Å². The van der Waals surface area contributed by atoms with E-state index < -0.39 is 61.6 Å². The van der Waals surface area contributed by atoms with Crippen molar-refractivity contribution in [2.24, 2.45) is 23.2 Å². The van der Waals surface area contributed by atoms with E-state index >= 15 is 0 Å². The van der Waals surface area contributed by atoms with Crippen molar-refractivity contribution in [1.82, 2.24) is 0 Å². The van der Waals surface area contributed by atoms with Crippen LogP contribution in [0.4, 0.5) is 0 Å². The molecule has 9 unspecified atom stereocenters. The van der Waals surface area contributed by atoms with Gasteiger partial charge in [-0.3, -0.25) is 14.4 Å². The second kappa shape index (κ2) is 9.77. The van der Waals surface area contributed by atoms with E-state index in [1.165, 1.54) is 13.8 Å². The van der Waals surface area contributed by atoms with Crippen molar-refractivity contribution in [3.05, 3.63) is 11.6 Å². The molecular weight excluding hydrogens is 496 g/mol. The molecule has 2 bridgehead atoms. The molecule has 2 heterocycles. The number of carbonyl (C=O) groups is 3. The predicted molar refractivity (Wildman–Crippen MR) is 136 cm³/mol. The van der Waals surface area contributed by atoms with Gasteiger partial charge in [-0.15, -0.1) is 0 Å². The van der Waals surface area contributed by atoms with Crippen LogP contribution in [0.25, 0.3) is 0 Å². The van der Waals surface area contributed by atoms with Crippen molar-refractivity contribution in [3.8, 4) is 0 Å². The standard InChI is InChI=1S/C27H42O9Si/c1-14(2)10-20(30)35-22-15(3)11-19-21(18(22)12-31-16(4)28)26(6)24(33-17(5)29)23(36-37(7,8)9)25(34-19)27(26)13-32-27/h11,14,18-19,21-25H,10,12-13H2,1-9H3. The summed E-state index contributed by atoms with van der Waals surface area (Å²) < 4.78 is 37.2. The number of esters is 3. The third-order valence-corrected chi connectivity index (χ3v) is 9.17. The van der Waals surface area contributed by atoms with Crippen LogP contribution in [0.1, 0.15) is 48.0 Å². The third-order valence-electron chi connectivity index (χ3n) is 8.19. The van der Waals surface area contributed by atoms with Crippen molar-refractivity contribution in [3.63, 3.8) is 0 Å². The van der Waals surface area contributed by atoms with E-state index in [0.29, 0.717) is 6.61 Å². The van der Waals surface area contributed by atoms with Gasteiger partial charge in [0.25, 0.3) is 0 Å². The molecule has 0 radical (unpaired) electrons. The topological polar surface area (TPSA) is 110 Å². The normalized spacial score (nSPS) is 40.2. The van der Waals surface area contributed by atoms with Gasteiger partial charge in [0.2, 0.25) is 0 Å². The first-order valence-corrected chi connectivity index (χ1v) is 16.7. The van der Waals surface area contributed by atoms with E-state index in [2.05, 4.69) is 26.6 Å². The number of epoxide rings is 1. The molecule has 37 heavy (non-hydrogen) atoms. The molecule has 10 heteroatoms. The number of rotatable bonds is 8. The molecule has 9 atom stereocenters. The Morgan fingerprint density at radius 3 is 2.30 bits per heavy atom. The fourth-order valence-electron chi connectivity index (χ4n) is 6.84. The fraction of sp³-hybridized carbons (Fsp3) is 0.815. The Kier molecular flexibility index (Phi) is 7.46. The minimum Gasteiger partial charge on any atom is -0.465 e. The second-order valence-corrected chi connectivity index (χ2v) is 17.1. The predicted octanol–water partition coefficient (Wildman–Crippen LogP) is 3.41. The Balaban J connectivity index is 1.80. The van der Waals surface area contributed by atoms with E-state index in [9.17, 15) is 14.4 Å². The SMILES string of the molecule is CC(=O)OCC1C(OC(=O)CC(C)C)C(C)=CC2OC3C(O[Si](C)(C)C)C(OC(C)=O)C(C)(C21)C31CO1. The molecule has 4 rings (SSSR count). The molecule has 3 fully saturated rings. The van der Waals surface area contributed by atoms with Gasteiger partial charge in [-0.1, -0.05) is 26.8 Å². The van der Waals surface area contributed by atoms with Crippen LogP contribution in [-0.2, 0) is 42.5 Å². The van der Waals surface area contributed by atoms with Gasteiger partial charge in [-0.05, 0) is 38.1 Å². The molecule has 208 valence electrons. The molecule has 2 aliphatic carbocycles. The Morgan fingerprint density at radius 2 is 1.78 bits per heavy atom. The lowest BCUT2D eigenvalue weighted by atomic mass is 9.57. The fourth-order valence-corrected chi connectivity index (χ4v) is 7.90. The molecule has 0 aromatic carbocycles. The van der Waals surface area contributed by atoms with Gasteiger partial charge in [0, 0.05) is 37.5 Å². The number of ether oxygens (including phenoxy) is 5. The maximum absolute atomic E-state index is 12.8. The summed E-state index contributed by atoms with van der Waals surface area (Å²) in [6.07, 6.45) is -0.272. The van der Waals surface area contributed by atoms with Gasteiger partial charge in [-0.2, -0.15) is 0 Å². The van der Waals surface area contributed by atoms with Crippen molar-refractivity contribution in [2.75, 3.05) is 13.2 Å². The molecule has 4 aliphatic rings. The minimum absolute atomic E-state index is 0.0351. The average Bonchev–Trinajstić information content (AvgIpc) is 3.52. The van der Waals surface area contributed by atoms with Gasteiger partial charge in [0.1, 0.15) is 30.0 Å². The molecular formula is C27H42O9Si. The number of fused-ring (bicyclic) bond motifs is 2. The van der Waals surface area contributed by atoms with E-state index in [4.69, 9.17) is 28.1 Å². The summed E-state index contributed by atoms with van der Waals surface area (Å²) >= 11 is 0. The van der Waals surface area contributed by atoms with Crippen LogP contribution in [0.5, 0.6) is 0 Å². The smallest absolute Gasteiger partial charge is 0.306 e. The van der Waals surface area contributed by atoms with E-state index in [1.807, 2.05) is 26.8 Å².